The Morgan fingerprint density at radius 2 is 1.21 bits per heavy atom. The smallest absolute Gasteiger partial charge is 0.133 e. The van der Waals surface area contributed by atoms with Crippen molar-refractivity contribution in [3.63, 3.8) is 0 Å². The van der Waals surface area contributed by atoms with Crippen LogP contribution in [0.25, 0.3) is 32.9 Å². The van der Waals surface area contributed by atoms with Crippen LogP contribution in [0.15, 0.2) is 72.8 Å². The lowest BCUT2D eigenvalue weighted by Gasteiger charge is -2.34. The Labute approximate surface area is 194 Å². The molecule has 1 aliphatic carbocycles. The molecule has 33 heavy (non-hydrogen) atoms. The van der Waals surface area contributed by atoms with E-state index in [0.717, 1.165) is 11.5 Å². The lowest BCUT2D eigenvalue weighted by molar-refractivity contribution is 0.419. The van der Waals surface area contributed by atoms with Crippen LogP contribution in [0.5, 0.6) is 11.5 Å². The number of nitrogens with zero attached hydrogens (tertiary/aromatic N) is 1. The lowest BCUT2D eigenvalue weighted by atomic mass is 9.75. The summed E-state index contributed by atoms with van der Waals surface area (Å²) < 4.78 is 8.75. The van der Waals surface area contributed by atoms with Crippen LogP contribution < -0.4 is 4.74 Å². The molecule has 2 aliphatic rings. The molecular weight excluding hydrogens is 402 g/mol. The minimum Gasteiger partial charge on any atom is -0.457 e. The van der Waals surface area contributed by atoms with Gasteiger partial charge in [0.2, 0.25) is 0 Å². The zero-order valence-electron chi connectivity index (χ0n) is 19.8. The average Bonchev–Trinajstić information content (AvgIpc) is 3.20. The van der Waals surface area contributed by atoms with Gasteiger partial charge in [0.1, 0.15) is 11.5 Å². The molecular formula is C31H27NO. The van der Waals surface area contributed by atoms with Gasteiger partial charge in [-0.15, -0.1) is 0 Å². The Morgan fingerprint density at radius 3 is 2.03 bits per heavy atom. The summed E-state index contributed by atoms with van der Waals surface area (Å²) in [5, 5.41) is 2.61. The van der Waals surface area contributed by atoms with Crippen molar-refractivity contribution in [1.82, 2.24) is 4.57 Å². The minimum atomic E-state index is -0.119. The van der Waals surface area contributed by atoms with Crippen molar-refractivity contribution in [3.05, 3.63) is 95.1 Å². The molecule has 0 spiro atoms. The number of ether oxygens (including phenoxy) is 1. The van der Waals surface area contributed by atoms with Crippen molar-refractivity contribution in [1.29, 1.82) is 0 Å². The van der Waals surface area contributed by atoms with Gasteiger partial charge in [-0.05, 0) is 46.5 Å². The summed E-state index contributed by atoms with van der Waals surface area (Å²) in [6, 6.07) is 26.8. The molecule has 2 heterocycles. The van der Waals surface area contributed by atoms with Gasteiger partial charge in [-0.2, -0.15) is 0 Å². The molecule has 4 aromatic carbocycles. The molecule has 162 valence electrons. The molecule has 0 N–H and O–H groups in total. The standard InChI is InChI=1S/C31H27NO/c1-30(2)22-11-7-6-10-18(22)19-14-20-21-15-25-29(17-27(21)32(5)26(20)16-24(19)30)33-28-13-9-8-12-23(28)31(25,3)4/h6-17H,1-5H3. The molecule has 2 heteroatoms. The Morgan fingerprint density at radius 1 is 0.576 bits per heavy atom. The predicted molar refractivity (Wildman–Crippen MR) is 137 cm³/mol. The monoisotopic (exact) mass is 429 g/mol. The van der Waals surface area contributed by atoms with Crippen molar-refractivity contribution in [2.45, 2.75) is 38.5 Å². The summed E-state index contributed by atoms with van der Waals surface area (Å²) in [5.41, 5.74) is 10.4. The fourth-order valence-corrected chi connectivity index (χ4v) is 6.33. The second-order valence-corrected chi connectivity index (χ2v) is 10.7. The highest BCUT2D eigenvalue weighted by atomic mass is 16.5. The molecule has 1 aromatic heterocycles. The number of hydrogen-bond acceptors (Lipinski definition) is 1. The molecule has 0 bridgehead atoms. The topological polar surface area (TPSA) is 14.2 Å². The number of para-hydroxylation sites is 1. The van der Waals surface area contributed by atoms with Crippen LogP contribution in [0.1, 0.15) is 49.9 Å². The van der Waals surface area contributed by atoms with Crippen LogP contribution >= 0.6 is 0 Å². The number of aromatic nitrogens is 1. The molecule has 0 unspecified atom stereocenters. The molecule has 5 aromatic rings. The summed E-state index contributed by atoms with van der Waals surface area (Å²) in [4.78, 5) is 0. The normalized spacial score (nSPS) is 16.8. The maximum Gasteiger partial charge on any atom is 0.133 e. The van der Waals surface area contributed by atoms with Crippen LogP contribution in [0.3, 0.4) is 0 Å². The zero-order chi connectivity index (χ0) is 22.7. The summed E-state index contributed by atoms with van der Waals surface area (Å²) in [6.45, 7) is 9.30. The fraction of sp³-hybridized carbons (Fsp3) is 0.226. The van der Waals surface area contributed by atoms with Crippen molar-refractivity contribution < 1.29 is 4.74 Å². The lowest BCUT2D eigenvalue weighted by Crippen LogP contribution is -2.24. The number of benzene rings is 4. The van der Waals surface area contributed by atoms with Crippen molar-refractivity contribution >= 4 is 21.8 Å². The largest absolute Gasteiger partial charge is 0.457 e. The molecule has 0 amide bonds. The first kappa shape index (κ1) is 19.0. The molecule has 0 fully saturated rings. The van der Waals surface area contributed by atoms with E-state index >= 15 is 0 Å². The second-order valence-electron chi connectivity index (χ2n) is 10.7. The molecule has 0 atom stereocenters. The Kier molecular flexibility index (Phi) is 3.38. The van der Waals surface area contributed by atoms with Crippen LogP contribution in [-0.2, 0) is 17.9 Å². The zero-order valence-corrected chi connectivity index (χ0v) is 19.8. The predicted octanol–water partition coefficient (Wildman–Crippen LogP) is 8.07. The summed E-state index contributed by atoms with van der Waals surface area (Å²) >= 11 is 0. The van der Waals surface area contributed by atoms with E-state index in [2.05, 4.69) is 112 Å². The molecule has 1 aliphatic heterocycles. The van der Waals surface area contributed by atoms with Gasteiger partial charge in [-0.3, -0.25) is 0 Å². The Hall–Kier alpha value is -3.52. The van der Waals surface area contributed by atoms with Gasteiger partial charge in [0.15, 0.2) is 0 Å². The first-order valence-corrected chi connectivity index (χ1v) is 11.8. The van der Waals surface area contributed by atoms with E-state index in [1.54, 1.807) is 0 Å². The van der Waals surface area contributed by atoms with Gasteiger partial charge >= 0.3 is 0 Å². The maximum atomic E-state index is 6.42. The van der Waals surface area contributed by atoms with E-state index in [1.807, 2.05) is 0 Å². The second kappa shape index (κ2) is 5.88. The van der Waals surface area contributed by atoms with Crippen LogP contribution in [0.4, 0.5) is 0 Å². The maximum absolute atomic E-state index is 6.42. The summed E-state index contributed by atoms with van der Waals surface area (Å²) in [6.07, 6.45) is 0. The van der Waals surface area contributed by atoms with Crippen molar-refractivity contribution in [2.75, 3.05) is 0 Å². The molecule has 0 saturated carbocycles. The molecule has 0 saturated heterocycles. The van der Waals surface area contributed by atoms with Gasteiger partial charge < -0.3 is 9.30 Å². The third-order valence-electron chi connectivity index (χ3n) is 8.26. The van der Waals surface area contributed by atoms with E-state index in [0.29, 0.717) is 0 Å². The number of fused-ring (bicyclic) bond motifs is 8. The van der Waals surface area contributed by atoms with E-state index in [1.165, 1.54) is 55.2 Å². The van der Waals surface area contributed by atoms with Gasteiger partial charge in [-0.25, -0.2) is 0 Å². The average molecular weight is 430 g/mol. The first-order valence-electron chi connectivity index (χ1n) is 11.8. The first-order chi connectivity index (χ1) is 15.8. The van der Waals surface area contributed by atoms with Gasteiger partial charge in [-0.1, -0.05) is 70.2 Å². The van der Waals surface area contributed by atoms with E-state index in [4.69, 9.17) is 4.74 Å². The number of rotatable bonds is 0. The Bertz CT molecular complexity index is 1650. The van der Waals surface area contributed by atoms with E-state index in [-0.39, 0.29) is 10.8 Å². The van der Waals surface area contributed by atoms with Gasteiger partial charge in [0.25, 0.3) is 0 Å². The number of hydrogen-bond donors (Lipinski definition) is 0. The highest BCUT2D eigenvalue weighted by Gasteiger charge is 2.37. The third kappa shape index (κ3) is 2.24. The van der Waals surface area contributed by atoms with Crippen LogP contribution in [0.2, 0.25) is 0 Å². The van der Waals surface area contributed by atoms with Crippen molar-refractivity contribution in [2.24, 2.45) is 7.05 Å². The van der Waals surface area contributed by atoms with Gasteiger partial charge in [0.05, 0.1) is 5.52 Å². The van der Waals surface area contributed by atoms with E-state index in [9.17, 15) is 0 Å². The third-order valence-corrected chi connectivity index (χ3v) is 8.26. The quantitative estimate of drug-likeness (QED) is 0.243. The SMILES string of the molecule is Cn1c2cc3c(cc2c2cc4c(cc21)C(C)(C)c1ccccc1-4)C(C)(C)c1ccccc1O3. The number of aryl methyl sites for hydroxylation is 1. The highest BCUT2D eigenvalue weighted by Crippen LogP contribution is 2.52. The highest BCUT2D eigenvalue weighted by molar-refractivity contribution is 6.11. The molecule has 7 rings (SSSR count). The Balaban J connectivity index is 1.55. The molecule has 2 nitrogen and oxygen atoms in total. The molecule has 0 radical (unpaired) electrons. The van der Waals surface area contributed by atoms with Gasteiger partial charge in [0, 0.05) is 51.4 Å². The van der Waals surface area contributed by atoms with Crippen LogP contribution in [-0.4, -0.2) is 4.57 Å². The summed E-state index contributed by atoms with van der Waals surface area (Å²) in [7, 11) is 2.18. The van der Waals surface area contributed by atoms with Crippen molar-refractivity contribution in [3.8, 4) is 22.6 Å². The van der Waals surface area contributed by atoms with E-state index < -0.39 is 0 Å². The summed E-state index contributed by atoms with van der Waals surface area (Å²) in [5.74, 6) is 1.93. The minimum absolute atomic E-state index is 0.00254. The van der Waals surface area contributed by atoms with Crippen LogP contribution in [0, 0.1) is 0 Å². The fourth-order valence-electron chi connectivity index (χ4n) is 6.33.